The Balaban J connectivity index is 2.00. The summed E-state index contributed by atoms with van der Waals surface area (Å²) in [4.78, 5) is 2.50. The fraction of sp³-hybridized carbons (Fsp3) is 1.00. The summed E-state index contributed by atoms with van der Waals surface area (Å²) in [6.07, 6.45) is 6.84. The van der Waals surface area contributed by atoms with E-state index < -0.39 is 0 Å². The zero-order valence-electron chi connectivity index (χ0n) is 12.6. The zero-order chi connectivity index (χ0) is 13.2. The normalized spacial score (nSPS) is 22.3. The van der Waals surface area contributed by atoms with Crippen LogP contribution in [0.3, 0.4) is 0 Å². The zero-order valence-corrected chi connectivity index (χ0v) is 12.6. The lowest BCUT2D eigenvalue weighted by atomic mass is 10.1. The highest BCUT2D eigenvalue weighted by atomic mass is 16.5. The van der Waals surface area contributed by atoms with Crippen molar-refractivity contribution in [1.29, 1.82) is 0 Å². The largest absolute Gasteiger partial charge is 0.377 e. The van der Waals surface area contributed by atoms with E-state index in [-0.39, 0.29) is 0 Å². The van der Waals surface area contributed by atoms with Gasteiger partial charge in [0, 0.05) is 19.2 Å². The summed E-state index contributed by atoms with van der Waals surface area (Å²) < 4.78 is 5.74. The second kappa shape index (κ2) is 9.76. The Morgan fingerprint density at radius 1 is 1.28 bits per heavy atom. The number of nitrogens with one attached hydrogen (secondary N) is 1. The van der Waals surface area contributed by atoms with Gasteiger partial charge in [0.1, 0.15) is 0 Å². The third-order valence-electron chi connectivity index (χ3n) is 3.97. The molecule has 18 heavy (non-hydrogen) atoms. The maximum atomic E-state index is 5.74. The molecule has 2 unspecified atom stereocenters. The molecule has 108 valence electrons. The van der Waals surface area contributed by atoms with Gasteiger partial charge in [-0.3, -0.25) is 0 Å². The third kappa shape index (κ3) is 6.72. The molecule has 3 heteroatoms. The smallest absolute Gasteiger partial charge is 0.0699 e. The number of hydrogen-bond donors (Lipinski definition) is 1. The van der Waals surface area contributed by atoms with Gasteiger partial charge in [0.25, 0.3) is 0 Å². The van der Waals surface area contributed by atoms with Crippen molar-refractivity contribution in [3.63, 3.8) is 0 Å². The van der Waals surface area contributed by atoms with Crippen molar-refractivity contribution in [2.75, 3.05) is 32.8 Å². The van der Waals surface area contributed by atoms with Crippen molar-refractivity contribution in [2.24, 2.45) is 0 Å². The highest BCUT2D eigenvalue weighted by molar-refractivity contribution is 4.70. The number of nitrogens with zero attached hydrogens (tertiary/aromatic N) is 1. The molecule has 0 spiro atoms. The van der Waals surface area contributed by atoms with E-state index in [0.29, 0.717) is 12.1 Å². The highest BCUT2D eigenvalue weighted by Crippen LogP contribution is 2.12. The Morgan fingerprint density at radius 3 is 2.67 bits per heavy atom. The van der Waals surface area contributed by atoms with Crippen molar-refractivity contribution in [3.8, 4) is 0 Å². The van der Waals surface area contributed by atoms with E-state index in [4.69, 9.17) is 4.74 Å². The molecule has 0 aromatic rings. The lowest BCUT2D eigenvalue weighted by Gasteiger charge is -2.25. The molecule has 0 aromatic carbocycles. The minimum atomic E-state index is 0.462. The third-order valence-corrected chi connectivity index (χ3v) is 3.97. The van der Waals surface area contributed by atoms with Crippen LogP contribution in [0.5, 0.6) is 0 Å². The first-order valence-corrected chi connectivity index (χ1v) is 7.83. The van der Waals surface area contributed by atoms with Crippen molar-refractivity contribution in [2.45, 2.75) is 65.0 Å². The maximum absolute atomic E-state index is 5.74. The summed E-state index contributed by atoms with van der Waals surface area (Å²) in [5, 5.41) is 3.62. The van der Waals surface area contributed by atoms with Gasteiger partial charge in [-0.1, -0.05) is 13.8 Å². The second-order valence-electron chi connectivity index (χ2n) is 5.47. The first-order chi connectivity index (χ1) is 8.76. The molecule has 3 nitrogen and oxygen atoms in total. The Morgan fingerprint density at radius 2 is 2.06 bits per heavy atom. The van der Waals surface area contributed by atoms with Gasteiger partial charge in [0.05, 0.1) is 6.10 Å². The van der Waals surface area contributed by atoms with E-state index in [1.165, 1.54) is 51.7 Å². The molecule has 1 aliphatic heterocycles. The highest BCUT2D eigenvalue weighted by Gasteiger charge is 2.14. The van der Waals surface area contributed by atoms with Gasteiger partial charge in [-0.15, -0.1) is 0 Å². The number of hydrogen-bond acceptors (Lipinski definition) is 3. The minimum Gasteiger partial charge on any atom is -0.377 e. The van der Waals surface area contributed by atoms with Gasteiger partial charge in [-0.2, -0.15) is 0 Å². The lowest BCUT2D eigenvalue weighted by Crippen LogP contribution is -2.37. The molecule has 1 N–H and O–H groups in total. The number of ether oxygens (including phenoxy) is 1. The molecule has 1 aliphatic rings. The van der Waals surface area contributed by atoms with E-state index in [9.17, 15) is 0 Å². The van der Waals surface area contributed by atoms with Crippen molar-refractivity contribution < 1.29 is 4.74 Å². The quantitative estimate of drug-likeness (QED) is 0.686. The molecule has 1 rings (SSSR count). The van der Waals surface area contributed by atoms with Crippen molar-refractivity contribution in [1.82, 2.24) is 10.2 Å². The first-order valence-electron chi connectivity index (χ1n) is 7.83. The monoisotopic (exact) mass is 256 g/mol. The molecule has 0 aromatic heterocycles. The molecule has 0 amide bonds. The van der Waals surface area contributed by atoms with Crippen LogP contribution in [0.4, 0.5) is 0 Å². The Hall–Kier alpha value is -0.120. The van der Waals surface area contributed by atoms with Crippen LogP contribution in [0.2, 0.25) is 0 Å². The Kier molecular flexibility index (Phi) is 8.64. The molecule has 0 radical (unpaired) electrons. The van der Waals surface area contributed by atoms with Gasteiger partial charge in [-0.25, -0.2) is 0 Å². The van der Waals surface area contributed by atoms with E-state index in [1.54, 1.807) is 0 Å². The minimum absolute atomic E-state index is 0.462. The van der Waals surface area contributed by atoms with Crippen LogP contribution >= 0.6 is 0 Å². The molecule has 1 saturated heterocycles. The van der Waals surface area contributed by atoms with E-state index in [0.717, 1.165) is 13.2 Å². The van der Waals surface area contributed by atoms with Crippen LogP contribution in [0.25, 0.3) is 0 Å². The van der Waals surface area contributed by atoms with E-state index >= 15 is 0 Å². The van der Waals surface area contributed by atoms with Gasteiger partial charge >= 0.3 is 0 Å². The van der Waals surface area contributed by atoms with Crippen LogP contribution in [-0.4, -0.2) is 49.8 Å². The molecule has 0 aliphatic carbocycles. The average Bonchev–Trinajstić information content (AvgIpc) is 2.42. The Bertz CT molecular complexity index is 189. The standard InChI is InChI=1S/C15H32N2O/c1-4-17(5-2)11-8-9-14(3)16-13-15-10-6-7-12-18-15/h14-16H,4-13H2,1-3H3. The van der Waals surface area contributed by atoms with Crippen LogP contribution in [-0.2, 0) is 4.74 Å². The van der Waals surface area contributed by atoms with Gasteiger partial charge < -0.3 is 15.0 Å². The fourth-order valence-electron chi connectivity index (χ4n) is 2.56. The fourth-order valence-corrected chi connectivity index (χ4v) is 2.56. The summed E-state index contributed by atoms with van der Waals surface area (Å²) in [5.74, 6) is 0. The van der Waals surface area contributed by atoms with Gasteiger partial charge in [0.15, 0.2) is 0 Å². The van der Waals surface area contributed by atoms with Crippen molar-refractivity contribution >= 4 is 0 Å². The predicted octanol–water partition coefficient (Wildman–Crippen LogP) is 2.66. The summed E-state index contributed by atoms with van der Waals surface area (Å²) in [6.45, 7) is 12.4. The molecular weight excluding hydrogens is 224 g/mol. The molecular formula is C15H32N2O. The van der Waals surface area contributed by atoms with Gasteiger partial charge in [-0.05, 0) is 58.7 Å². The predicted molar refractivity (Wildman–Crippen MR) is 78.1 cm³/mol. The van der Waals surface area contributed by atoms with Crippen LogP contribution < -0.4 is 5.32 Å². The van der Waals surface area contributed by atoms with Crippen molar-refractivity contribution in [3.05, 3.63) is 0 Å². The topological polar surface area (TPSA) is 24.5 Å². The first kappa shape index (κ1) is 15.9. The summed E-state index contributed by atoms with van der Waals surface area (Å²) in [6, 6.07) is 0.617. The molecule has 2 atom stereocenters. The molecule has 1 fully saturated rings. The van der Waals surface area contributed by atoms with Crippen LogP contribution in [0.1, 0.15) is 52.9 Å². The second-order valence-corrected chi connectivity index (χ2v) is 5.47. The van der Waals surface area contributed by atoms with E-state index in [2.05, 4.69) is 31.0 Å². The SMILES string of the molecule is CCN(CC)CCCC(C)NCC1CCCCO1. The summed E-state index contributed by atoms with van der Waals surface area (Å²) in [7, 11) is 0. The Labute approximate surface area is 113 Å². The lowest BCUT2D eigenvalue weighted by molar-refractivity contribution is 0.0154. The molecule has 0 saturated carbocycles. The van der Waals surface area contributed by atoms with Crippen LogP contribution in [0.15, 0.2) is 0 Å². The maximum Gasteiger partial charge on any atom is 0.0699 e. The average molecular weight is 256 g/mol. The summed E-state index contributed by atoms with van der Waals surface area (Å²) in [5.41, 5.74) is 0. The van der Waals surface area contributed by atoms with Crippen LogP contribution in [0, 0.1) is 0 Å². The van der Waals surface area contributed by atoms with E-state index in [1.807, 2.05) is 0 Å². The summed E-state index contributed by atoms with van der Waals surface area (Å²) >= 11 is 0. The molecule has 1 heterocycles. The number of rotatable bonds is 9. The molecule has 0 bridgehead atoms. The van der Waals surface area contributed by atoms with Gasteiger partial charge in [0.2, 0.25) is 0 Å².